The van der Waals surface area contributed by atoms with Crippen LogP contribution in [0, 0.1) is 6.92 Å². The minimum Gasteiger partial charge on any atom is -0.487 e. The van der Waals surface area contributed by atoms with E-state index in [1.54, 1.807) is 17.2 Å². The lowest BCUT2D eigenvalue weighted by atomic mass is 10.1. The Kier molecular flexibility index (Phi) is 4.06. The van der Waals surface area contributed by atoms with Crippen LogP contribution in [0.2, 0.25) is 0 Å². The van der Waals surface area contributed by atoms with Crippen LogP contribution in [0.4, 0.5) is 0 Å². The average Bonchev–Trinajstić information content (AvgIpc) is 2.51. The van der Waals surface area contributed by atoms with Gasteiger partial charge >= 0.3 is 0 Å². The topological polar surface area (TPSA) is 62.7 Å². The van der Waals surface area contributed by atoms with Crippen LogP contribution >= 0.6 is 0 Å². The normalized spacial score (nSPS) is 14.5. The van der Waals surface area contributed by atoms with Crippen molar-refractivity contribution in [2.24, 2.45) is 0 Å². The second-order valence-electron chi connectivity index (χ2n) is 5.49. The van der Waals surface area contributed by atoms with Gasteiger partial charge in [-0.25, -0.2) is 0 Å². The number of nitrogens with zero attached hydrogens (tertiary/aromatic N) is 2. The van der Waals surface area contributed by atoms with E-state index in [1.807, 2.05) is 37.3 Å². The van der Waals surface area contributed by atoms with E-state index in [9.17, 15) is 9.90 Å². The molecule has 114 valence electrons. The highest BCUT2D eigenvalue weighted by molar-refractivity contribution is 5.95. The molecule has 0 bridgehead atoms. The number of amides is 1. The molecule has 0 atom stereocenters. The van der Waals surface area contributed by atoms with E-state index >= 15 is 0 Å². The van der Waals surface area contributed by atoms with Crippen molar-refractivity contribution < 1.29 is 14.6 Å². The van der Waals surface area contributed by atoms with Gasteiger partial charge in [-0.05, 0) is 36.8 Å². The number of β-amino-alcohol motifs (C(OH)–C–C–N with tert-alkyl or cyclic N) is 1. The number of ether oxygens (including phenoxy) is 1. The van der Waals surface area contributed by atoms with E-state index in [0.29, 0.717) is 31.0 Å². The number of benzene rings is 1. The Bertz CT molecular complexity index is 664. The molecule has 1 amide bonds. The van der Waals surface area contributed by atoms with Gasteiger partial charge in [0.05, 0.1) is 12.3 Å². The van der Waals surface area contributed by atoms with Crippen LogP contribution in [0.5, 0.6) is 5.75 Å². The van der Waals surface area contributed by atoms with Gasteiger partial charge in [-0.2, -0.15) is 0 Å². The first kappa shape index (κ1) is 14.5. The molecule has 1 aromatic carbocycles. The van der Waals surface area contributed by atoms with Gasteiger partial charge < -0.3 is 14.7 Å². The van der Waals surface area contributed by atoms with E-state index in [1.165, 1.54) is 0 Å². The van der Waals surface area contributed by atoms with Crippen LogP contribution in [-0.2, 0) is 6.61 Å². The van der Waals surface area contributed by atoms with Gasteiger partial charge in [0.2, 0.25) is 0 Å². The molecule has 1 aliphatic rings. The summed E-state index contributed by atoms with van der Waals surface area (Å²) in [6.45, 7) is 3.13. The number of rotatable bonds is 4. The van der Waals surface area contributed by atoms with Gasteiger partial charge in [-0.3, -0.25) is 9.78 Å². The smallest absolute Gasteiger partial charge is 0.254 e. The molecule has 2 heterocycles. The third-order valence-electron chi connectivity index (χ3n) is 3.61. The first-order valence-corrected chi connectivity index (χ1v) is 7.23. The molecule has 3 rings (SSSR count). The number of pyridine rings is 1. The first-order valence-electron chi connectivity index (χ1n) is 7.23. The van der Waals surface area contributed by atoms with E-state index < -0.39 is 0 Å². The number of carbonyl (C=O) groups is 1. The fourth-order valence-corrected chi connectivity index (χ4v) is 2.30. The van der Waals surface area contributed by atoms with Crippen LogP contribution in [0.1, 0.15) is 21.6 Å². The van der Waals surface area contributed by atoms with Crippen LogP contribution in [-0.4, -0.2) is 40.1 Å². The third kappa shape index (κ3) is 3.26. The quantitative estimate of drug-likeness (QED) is 0.934. The maximum absolute atomic E-state index is 12.2. The largest absolute Gasteiger partial charge is 0.487 e. The highest BCUT2D eigenvalue weighted by atomic mass is 16.5. The van der Waals surface area contributed by atoms with Crippen LogP contribution in [0.3, 0.4) is 0 Å². The number of likely N-dealkylation sites (tertiary alicyclic amines) is 1. The second kappa shape index (κ2) is 6.15. The SMILES string of the molecule is Cc1ccc(OCc2cccc(C(=O)N3CC(O)C3)c2)cn1. The van der Waals surface area contributed by atoms with E-state index in [-0.39, 0.29) is 12.0 Å². The number of hydrogen-bond acceptors (Lipinski definition) is 4. The molecule has 0 unspecified atom stereocenters. The Balaban J connectivity index is 1.63. The summed E-state index contributed by atoms with van der Waals surface area (Å²) in [7, 11) is 0. The molecule has 1 aromatic heterocycles. The Labute approximate surface area is 129 Å². The molecular weight excluding hydrogens is 280 g/mol. The van der Waals surface area contributed by atoms with Crippen molar-refractivity contribution in [3.63, 3.8) is 0 Å². The third-order valence-corrected chi connectivity index (χ3v) is 3.61. The molecule has 5 heteroatoms. The lowest BCUT2D eigenvalue weighted by molar-refractivity contribution is 0.00588. The maximum Gasteiger partial charge on any atom is 0.254 e. The molecule has 1 fully saturated rings. The lowest BCUT2D eigenvalue weighted by Crippen LogP contribution is -2.53. The molecule has 1 saturated heterocycles. The molecule has 0 aliphatic carbocycles. The van der Waals surface area contributed by atoms with Crippen molar-refractivity contribution in [3.05, 3.63) is 59.4 Å². The maximum atomic E-state index is 12.2. The van der Waals surface area contributed by atoms with Crippen molar-refractivity contribution in [1.82, 2.24) is 9.88 Å². The van der Waals surface area contributed by atoms with Gasteiger partial charge in [0.25, 0.3) is 5.91 Å². The molecule has 1 aliphatic heterocycles. The summed E-state index contributed by atoms with van der Waals surface area (Å²) >= 11 is 0. The van der Waals surface area contributed by atoms with E-state index in [4.69, 9.17) is 4.74 Å². The van der Waals surface area contributed by atoms with Gasteiger partial charge in [-0.1, -0.05) is 12.1 Å². The number of aromatic nitrogens is 1. The zero-order valence-electron chi connectivity index (χ0n) is 12.4. The lowest BCUT2D eigenvalue weighted by Gasteiger charge is -2.35. The molecule has 0 spiro atoms. The summed E-state index contributed by atoms with van der Waals surface area (Å²) in [6.07, 6.45) is 1.30. The summed E-state index contributed by atoms with van der Waals surface area (Å²) in [5, 5.41) is 9.28. The first-order chi connectivity index (χ1) is 10.6. The highest BCUT2D eigenvalue weighted by Crippen LogP contribution is 2.16. The number of hydrogen-bond donors (Lipinski definition) is 1. The number of aliphatic hydroxyl groups is 1. The molecule has 22 heavy (non-hydrogen) atoms. The van der Waals surface area contributed by atoms with Crippen LogP contribution in [0.25, 0.3) is 0 Å². The van der Waals surface area contributed by atoms with Gasteiger partial charge in [-0.15, -0.1) is 0 Å². The molecule has 0 radical (unpaired) electrons. The minimum atomic E-state index is -0.385. The highest BCUT2D eigenvalue weighted by Gasteiger charge is 2.29. The summed E-state index contributed by atoms with van der Waals surface area (Å²) in [5.74, 6) is 0.650. The van der Waals surface area contributed by atoms with E-state index in [0.717, 1.165) is 11.3 Å². The van der Waals surface area contributed by atoms with Crippen molar-refractivity contribution in [2.45, 2.75) is 19.6 Å². The van der Waals surface area contributed by atoms with Crippen LogP contribution < -0.4 is 4.74 Å². The second-order valence-corrected chi connectivity index (χ2v) is 5.49. The fourth-order valence-electron chi connectivity index (χ4n) is 2.30. The molecular formula is C17H18N2O3. The van der Waals surface area contributed by atoms with Gasteiger partial charge in [0.1, 0.15) is 12.4 Å². The van der Waals surface area contributed by atoms with Crippen molar-refractivity contribution in [3.8, 4) is 5.75 Å². The van der Waals surface area contributed by atoms with Gasteiger partial charge in [0.15, 0.2) is 0 Å². The zero-order valence-corrected chi connectivity index (χ0v) is 12.4. The Morgan fingerprint density at radius 3 is 2.86 bits per heavy atom. The molecule has 0 saturated carbocycles. The molecule has 1 N–H and O–H groups in total. The summed E-state index contributed by atoms with van der Waals surface area (Å²) < 4.78 is 5.67. The fraction of sp³-hybridized carbons (Fsp3) is 0.294. The monoisotopic (exact) mass is 298 g/mol. The van der Waals surface area contributed by atoms with Crippen molar-refractivity contribution in [2.75, 3.05) is 13.1 Å². The Morgan fingerprint density at radius 1 is 1.36 bits per heavy atom. The van der Waals surface area contributed by atoms with Crippen molar-refractivity contribution >= 4 is 5.91 Å². The van der Waals surface area contributed by atoms with Crippen molar-refractivity contribution in [1.29, 1.82) is 0 Å². The Hall–Kier alpha value is -2.40. The molecule has 2 aromatic rings. The zero-order chi connectivity index (χ0) is 15.5. The van der Waals surface area contributed by atoms with Gasteiger partial charge in [0, 0.05) is 24.3 Å². The predicted octanol–water partition coefficient (Wildman–Crippen LogP) is 1.79. The van der Waals surface area contributed by atoms with E-state index in [2.05, 4.69) is 4.98 Å². The summed E-state index contributed by atoms with van der Waals surface area (Å²) in [4.78, 5) is 18.0. The number of aliphatic hydroxyl groups excluding tert-OH is 1. The van der Waals surface area contributed by atoms with Crippen LogP contribution in [0.15, 0.2) is 42.6 Å². The average molecular weight is 298 g/mol. The number of aryl methyl sites for hydroxylation is 1. The molecule has 5 nitrogen and oxygen atoms in total. The predicted molar refractivity (Wildman–Crippen MR) is 81.7 cm³/mol. The Morgan fingerprint density at radius 2 is 2.18 bits per heavy atom. The number of carbonyl (C=O) groups excluding carboxylic acids is 1. The summed E-state index contributed by atoms with van der Waals surface area (Å²) in [6, 6.07) is 11.1. The summed E-state index contributed by atoms with van der Waals surface area (Å²) in [5.41, 5.74) is 2.49. The standard InChI is InChI=1S/C17H18N2O3/c1-12-5-6-16(8-18-12)22-11-13-3-2-4-14(7-13)17(21)19-9-15(20)10-19/h2-8,15,20H,9-11H2,1H3. The minimum absolute atomic E-state index is 0.0517.